The first kappa shape index (κ1) is 22.8. The number of hydroxylamine groups is 1. The summed E-state index contributed by atoms with van der Waals surface area (Å²) in [5, 5.41) is 11.7. The first-order chi connectivity index (χ1) is 15.9. The quantitative estimate of drug-likeness (QED) is 0.553. The highest BCUT2D eigenvalue weighted by atomic mass is 16.7. The molecule has 0 aromatic heterocycles. The molecule has 0 heterocycles. The van der Waals surface area contributed by atoms with E-state index in [1.807, 2.05) is 24.3 Å². The van der Waals surface area contributed by atoms with Crippen molar-refractivity contribution in [3.8, 4) is 11.1 Å². The van der Waals surface area contributed by atoms with Crippen LogP contribution in [-0.2, 0) is 19.2 Å². The van der Waals surface area contributed by atoms with Crippen LogP contribution in [0.3, 0.4) is 0 Å². The van der Waals surface area contributed by atoms with Gasteiger partial charge in [0.25, 0.3) is 0 Å². The number of carbonyl (C=O) groups excluding carboxylic acids is 2. The van der Waals surface area contributed by atoms with E-state index in [9.17, 15) is 14.4 Å². The molecule has 1 fully saturated rings. The van der Waals surface area contributed by atoms with Gasteiger partial charge in [0, 0.05) is 17.9 Å². The third-order valence-electron chi connectivity index (χ3n) is 6.45. The average molecular weight is 453 g/mol. The molecule has 3 N–H and O–H groups in total. The summed E-state index contributed by atoms with van der Waals surface area (Å²) in [6.07, 6.45) is 0.854. The Bertz CT molecular complexity index is 986. The van der Waals surface area contributed by atoms with Crippen LogP contribution in [0.25, 0.3) is 11.1 Å². The van der Waals surface area contributed by atoms with Gasteiger partial charge in [-0.05, 0) is 54.9 Å². The summed E-state index contributed by atoms with van der Waals surface area (Å²) in [6, 6.07) is 16.3. The molecule has 0 aliphatic heterocycles. The van der Waals surface area contributed by atoms with Crippen molar-refractivity contribution in [3.05, 3.63) is 59.7 Å². The second-order valence-electron chi connectivity index (χ2n) is 8.58. The lowest BCUT2D eigenvalue weighted by atomic mass is 9.85. The Balaban J connectivity index is 1.24. The van der Waals surface area contributed by atoms with E-state index in [-0.39, 0.29) is 30.4 Å². The van der Waals surface area contributed by atoms with Crippen molar-refractivity contribution >= 4 is 18.0 Å². The molecule has 0 saturated heterocycles. The minimum absolute atomic E-state index is 0.00998. The monoisotopic (exact) mass is 452 g/mol. The van der Waals surface area contributed by atoms with Crippen molar-refractivity contribution in [2.45, 2.75) is 50.7 Å². The van der Waals surface area contributed by atoms with Crippen LogP contribution in [-0.4, -0.2) is 41.8 Å². The molecule has 4 rings (SSSR count). The zero-order valence-corrected chi connectivity index (χ0v) is 18.5. The normalized spacial score (nSPS) is 20.3. The fourth-order valence-electron chi connectivity index (χ4n) is 4.59. The van der Waals surface area contributed by atoms with Crippen LogP contribution >= 0.6 is 0 Å². The molecule has 174 valence electrons. The Morgan fingerprint density at radius 2 is 1.55 bits per heavy atom. The lowest BCUT2D eigenvalue weighted by molar-refractivity contribution is -0.160. The van der Waals surface area contributed by atoms with Crippen LogP contribution in [0.1, 0.15) is 49.7 Å². The summed E-state index contributed by atoms with van der Waals surface area (Å²) in [5.41, 5.74) is 6.92. The molecular formula is C25H28N2O6. The van der Waals surface area contributed by atoms with Gasteiger partial charge >= 0.3 is 12.1 Å². The number of rotatable bonds is 7. The lowest BCUT2D eigenvalue weighted by Gasteiger charge is -2.28. The number of alkyl carbamates (subject to hydrolysis) is 1. The highest BCUT2D eigenvalue weighted by Crippen LogP contribution is 2.44. The maximum absolute atomic E-state index is 12.5. The van der Waals surface area contributed by atoms with E-state index in [0.717, 1.165) is 11.1 Å². The molecule has 0 bridgehead atoms. The number of carboxylic acids is 1. The SMILES string of the molecule is CC(ONC(=O)C1CCC(NC(=O)OCC2c3ccccc3-c3ccccc32)CC1)C(=O)O. The number of amides is 2. The predicted molar refractivity (Wildman–Crippen MR) is 120 cm³/mol. The first-order valence-electron chi connectivity index (χ1n) is 11.2. The minimum atomic E-state index is -1.15. The maximum Gasteiger partial charge on any atom is 0.407 e. The topological polar surface area (TPSA) is 114 Å². The van der Waals surface area contributed by atoms with Gasteiger partial charge in [-0.2, -0.15) is 0 Å². The molecule has 0 spiro atoms. The number of ether oxygens (including phenoxy) is 1. The van der Waals surface area contributed by atoms with Gasteiger partial charge in [-0.25, -0.2) is 15.1 Å². The lowest BCUT2D eigenvalue weighted by Crippen LogP contribution is -2.42. The molecule has 33 heavy (non-hydrogen) atoms. The standard InChI is InChI=1S/C25H28N2O6/c1-15(24(29)30)33-27-23(28)16-10-12-17(13-11-16)26-25(31)32-14-22-20-8-4-2-6-18(20)19-7-3-5-9-21(19)22/h2-9,15-17,22H,10-14H2,1H3,(H,26,31)(H,27,28)(H,29,30). The molecule has 2 aromatic rings. The van der Waals surface area contributed by atoms with Crippen molar-refractivity contribution in [1.29, 1.82) is 0 Å². The third-order valence-corrected chi connectivity index (χ3v) is 6.45. The molecular weight excluding hydrogens is 424 g/mol. The van der Waals surface area contributed by atoms with E-state index in [1.165, 1.54) is 18.1 Å². The zero-order valence-electron chi connectivity index (χ0n) is 18.5. The molecule has 2 aliphatic carbocycles. The van der Waals surface area contributed by atoms with Crippen molar-refractivity contribution < 1.29 is 29.1 Å². The minimum Gasteiger partial charge on any atom is -0.479 e. The Labute approximate surface area is 192 Å². The number of carbonyl (C=O) groups is 3. The van der Waals surface area contributed by atoms with Crippen LogP contribution < -0.4 is 10.8 Å². The number of benzene rings is 2. The zero-order chi connectivity index (χ0) is 23.4. The molecule has 2 aliphatic rings. The van der Waals surface area contributed by atoms with Crippen LogP contribution in [0.5, 0.6) is 0 Å². The Morgan fingerprint density at radius 1 is 0.970 bits per heavy atom. The van der Waals surface area contributed by atoms with Gasteiger partial charge in [0.2, 0.25) is 5.91 Å². The van der Waals surface area contributed by atoms with Crippen molar-refractivity contribution in [1.82, 2.24) is 10.8 Å². The van der Waals surface area contributed by atoms with Crippen LogP contribution in [0.4, 0.5) is 4.79 Å². The van der Waals surface area contributed by atoms with E-state index in [2.05, 4.69) is 35.1 Å². The van der Waals surface area contributed by atoms with E-state index >= 15 is 0 Å². The van der Waals surface area contributed by atoms with Gasteiger partial charge in [0.05, 0.1) is 0 Å². The predicted octanol–water partition coefficient (Wildman–Crippen LogP) is 3.60. The van der Waals surface area contributed by atoms with Crippen LogP contribution in [0.15, 0.2) is 48.5 Å². The maximum atomic E-state index is 12.5. The Kier molecular flexibility index (Phi) is 6.93. The fourth-order valence-corrected chi connectivity index (χ4v) is 4.59. The van der Waals surface area contributed by atoms with Crippen molar-refractivity contribution in [2.24, 2.45) is 5.92 Å². The molecule has 2 amide bonds. The first-order valence-corrected chi connectivity index (χ1v) is 11.2. The van der Waals surface area contributed by atoms with Gasteiger partial charge < -0.3 is 15.2 Å². The summed E-state index contributed by atoms with van der Waals surface area (Å²) in [7, 11) is 0. The van der Waals surface area contributed by atoms with Crippen LogP contribution in [0.2, 0.25) is 0 Å². The molecule has 8 nitrogen and oxygen atoms in total. The van der Waals surface area contributed by atoms with Gasteiger partial charge in [-0.3, -0.25) is 9.63 Å². The highest BCUT2D eigenvalue weighted by Gasteiger charge is 2.31. The number of aliphatic carboxylic acids is 1. The van der Waals surface area contributed by atoms with E-state index in [0.29, 0.717) is 25.7 Å². The summed E-state index contributed by atoms with van der Waals surface area (Å²) in [6.45, 7) is 1.61. The van der Waals surface area contributed by atoms with E-state index < -0.39 is 18.2 Å². The number of fused-ring (bicyclic) bond motifs is 3. The Hall–Kier alpha value is -3.39. The second kappa shape index (κ2) is 10.0. The fraction of sp³-hybridized carbons (Fsp3) is 0.400. The molecule has 0 radical (unpaired) electrons. The molecule has 1 unspecified atom stereocenters. The smallest absolute Gasteiger partial charge is 0.407 e. The highest BCUT2D eigenvalue weighted by molar-refractivity contribution is 5.79. The van der Waals surface area contributed by atoms with Crippen molar-refractivity contribution in [3.63, 3.8) is 0 Å². The van der Waals surface area contributed by atoms with Crippen LogP contribution in [0, 0.1) is 5.92 Å². The third kappa shape index (κ3) is 5.17. The average Bonchev–Trinajstić information content (AvgIpc) is 3.15. The molecule has 1 saturated carbocycles. The van der Waals surface area contributed by atoms with E-state index in [4.69, 9.17) is 14.7 Å². The summed E-state index contributed by atoms with van der Waals surface area (Å²) in [4.78, 5) is 40.2. The summed E-state index contributed by atoms with van der Waals surface area (Å²) < 4.78 is 5.60. The number of hydrogen-bond donors (Lipinski definition) is 3. The molecule has 8 heteroatoms. The van der Waals surface area contributed by atoms with Gasteiger partial charge in [0.15, 0.2) is 6.10 Å². The molecule has 1 atom stereocenters. The Morgan fingerprint density at radius 3 is 2.12 bits per heavy atom. The van der Waals surface area contributed by atoms with E-state index in [1.54, 1.807) is 0 Å². The number of hydrogen-bond acceptors (Lipinski definition) is 5. The molecule has 2 aromatic carbocycles. The van der Waals surface area contributed by atoms with Gasteiger partial charge in [-0.15, -0.1) is 0 Å². The summed E-state index contributed by atoms with van der Waals surface area (Å²) in [5.74, 6) is -1.74. The second-order valence-corrected chi connectivity index (χ2v) is 8.58. The van der Waals surface area contributed by atoms with Crippen molar-refractivity contribution in [2.75, 3.05) is 6.61 Å². The number of nitrogens with one attached hydrogen (secondary N) is 2. The van der Waals surface area contributed by atoms with Gasteiger partial charge in [-0.1, -0.05) is 48.5 Å². The number of carboxylic acid groups (broad SMARTS) is 1. The summed E-state index contributed by atoms with van der Waals surface area (Å²) >= 11 is 0. The largest absolute Gasteiger partial charge is 0.479 e. The van der Waals surface area contributed by atoms with Gasteiger partial charge in [0.1, 0.15) is 6.61 Å².